The van der Waals surface area contributed by atoms with E-state index < -0.39 is 0 Å². The van der Waals surface area contributed by atoms with Crippen LogP contribution in [-0.4, -0.2) is 26.4 Å². The molecular formula is C22H21Cl3N4O2S. The molecule has 32 heavy (non-hydrogen) atoms. The van der Waals surface area contributed by atoms with Crippen molar-refractivity contribution >= 4 is 58.2 Å². The van der Waals surface area contributed by atoms with Gasteiger partial charge in [-0.2, -0.15) is 0 Å². The number of rotatable bonds is 9. The first-order valence-electron chi connectivity index (χ1n) is 9.63. The lowest BCUT2D eigenvalue weighted by molar-refractivity contribution is -0.113. The second-order valence-corrected chi connectivity index (χ2v) is 9.01. The highest BCUT2D eigenvalue weighted by atomic mass is 35.5. The number of thioether (sulfide) groups is 1. The summed E-state index contributed by atoms with van der Waals surface area (Å²) in [5, 5.41) is 13.2. The first kappa shape index (κ1) is 24.5. The van der Waals surface area contributed by atoms with Gasteiger partial charge in [-0.05, 0) is 49.7 Å². The number of carbonyl (C=O) groups excluding carboxylic acids is 1. The maximum atomic E-state index is 12.4. The Kier molecular flexibility index (Phi) is 8.48. The van der Waals surface area contributed by atoms with Crippen LogP contribution < -0.4 is 10.1 Å². The fraction of sp³-hybridized carbons (Fsp3) is 0.227. The second kappa shape index (κ2) is 11.1. The van der Waals surface area contributed by atoms with Gasteiger partial charge in [-0.15, -0.1) is 16.8 Å². The summed E-state index contributed by atoms with van der Waals surface area (Å²) in [7, 11) is 0. The monoisotopic (exact) mass is 510 g/mol. The van der Waals surface area contributed by atoms with E-state index in [9.17, 15) is 4.79 Å². The van der Waals surface area contributed by atoms with Crippen LogP contribution in [0.5, 0.6) is 5.75 Å². The van der Waals surface area contributed by atoms with Crippen LogP contribution in [0.15, 0.2) is 54.2 Å². The standard InChI is InChI=1S/C22H21Cl3N4O2S/c1-4-10-29-21(14(3)31-15-8-9-16(23)13(2)11-15)27-28-22(29)32-12-19(30)26-20-17(24)6-5-7-18(20)25/h4-9,11,14H,1,10,12H2,2-3H3,(H,26,30). The number of aromatic nitrogens is 3. The zero-order valence-corrected chi connectivity index (χ0v) is 20.5. The summed E-state index contributed by atoms with van der Waals surface area (Å²) >= 11 is 19.6. The van der Waals surface area contributed by atoms with E-state index in [0.717, 1.165) is 5.56 Å². The quantitative estimate of drug-likeness (QED) is 0.259. The number of para-hydroxylation sites is 1. The maximum absolute atomic E-state index is 12.4. The van der Waals surface area contributed by atoms with Crippen LogP contribution in [-0.2, 0) is 11.3 Å². The Balaban J connectivity index is 1.70. The van der Waals surface area contributed by atoms with Crippen LogP contribution in [0, 0.1) is 6.92 Å². The van der Waals surface area contributed by atoms with Crippen molar-refractivity contribution in [2.24, 2.45) is 0 Å². The molecule has 3 rings (SSSR count). The minimum Gasteiger partial charge on any atom is -0.483 e. The van der Waals surface area contributed by atoms with E-state index in [1.165, 1.54) is 11.8 Å². The van der Waals surface area contributed by atoms with Crippen molar-refractivity contribution in [1.29, 1.82) is 0 Å². The normalized spacial score (nSPS) is 11.8. The molecule has 1 N–H and O–H groups in total. The molecule has 0 bridgehead atoms. The second-order valence-electron chi connectivity index (χ2n) is 6.84. The third-order valence-electron chi connectivity index (χ3n) is 4.42. The molecule has 168 valence electrons. The molecule has 0 fully saturated rings. The number of hydrogen-bond acceptors (Lipinski definition) is 5. The van der Waals surface area contributed by atoms with Gasteiger partial charge in [0.05, 0.1) is 21.5 Å². The molecule has 0 aliphatic rings. The van der Waals surface area contributed by atoms with Gasteiger partial charge in [0.25, 0.3) is 0 Å². The predicted octanol–water partition coefficient (Wildman–Crippen LogP) is 6.60. The largest absolute Gasteiger partial charge is 0.483 e. The van der Waals surface area contributed by atoms with Gasteiger partial charge in [-0.3, -0.25) is 9.36 Å². The summed E-state index contributed by atoms with van der Waals surface area (Å²) < 4.78 is 7.90. The fourth-order valence-corrected chi connectivity index (χ4v) is 4.24. The smallest absolute Gasteiger partial charge is 0.234 e. The molecule has 6 nitrogen and oxygen atoms in total. The van der Waals surface area contributed by atoms with Gasteiger partial charge >= 0.3 is 0 Å². The van der Waals surface area contributed by atoms with Crippen LogP contribution in [0.25, 0.3) is 0 Å². The maximum Gasteiger partial charge on any atom is 0.234 e. The highest BCUT2D eigenvalue weighted by molar-refractivity contribution is 7.99. The van der Waals surface area contributed by atoms with E-state index in [1.54, 1.807) is 36.4 Å². The SMILES string of the molecule is C=CCn1c(SCC(=O)Nc2c(Cl)cccc2Cl)nnc1C(C)Oc1ccc(Cl)c(C)c1. The van der Waals surface area contributed by atoms with Crippen LogP contribution in [0.1, 0.15) is 24.4 Å². The zero-order chi connectivity index (χ0) is 23.3. The first-order valence-corrected chi connectivity index (χ1v) is 11.8. The van der Waals surface area contributed by atoms with Gasteiger partial charge < -0.3 is 10.1 Å². The van der Waals surface area contributed by atoms with Gasteiger partial charge in [0.1, 0.15) is 5.75 Å². The molecule has 1 atom stereocenters. The summed E-state index contributed by atoms with van der Waals surface area (Å²) in [6.45, 7) is 8.07. The topological polar surface area (TPSA) is 69.0 Å². The molecule has 0 saturated carbocycles. The summed E-state index contributed by atoms with van der Waals surface area (Å²) in [6, 6.07) is 10.5. The average Bonchev–Trinajstić information content (AvgIpc) is 3.15. The third-order valence-corrected chi connectivity index (χ3v) is 6.44. The van der Waals surface area contributed by atoms with E-state index in [0.29, 0.717) is 44.0 Å². The third kappa shape index (κ3) is 5.98. The van der Waals surface area contributed by atoms with Gasteiger partial charge in [0.15, 0.2) is 17.1 Å². The minimum atomic E-state index is -0.381. The van der Waals surface area contributed by atoms with Gasteiger partial charge in [-0.1, -0.05) is 58.7 Å². The molecular weight excluding hydrogens is 491 g/mol. The molecule has 1 amide bonds. The highest BCUT2D eigenvalue weighted by Gasteiger charge is 2.20. The summed E-state index contributed by atoms with van der Waals surface area (Å²) in [5.41, 5.74) is 1.31. The molecule has 0 spiro atoms. The van der Waals surface area contributed by atoms with Crippen LogP contribution >= 0.6 is 46.6 Å². The van der Waals surface area contributed by atoms with Crippen molar-refractivity contribution < 1.29 is 9.53 Å². The van der Waals surface area contributed by atoms with Crippen molar-refractivity contribution in [3.05, 3.63) is 75.5 Å². The number of anilines is 1. The van der Waals surface area contributed by atoms with Gasteiger partial charge in [0, 0.05) is 11.6 Å². The van der Waals surface area contributed by atoms with Gasteiger partial charge in [0.2, 0.25) is 5.91 Å². The lowest BCUT2D eigenvalue weighted by atomic mass is 10.2. The van der Waals surface area contributed by atoms with Crippen molar-refractivity contribution in [2.45, 2.75) is 31.7 Å². The molecule has 1 heterocycles. The Hall–Kier alpha value is -2.19. The Morgan fingerprint density at radius 1 is 1.22 bits per heavy atom. The summed E-state index contributed by atoms with van der Waals surface area (Å²) in [6.07, 6.45) is 1.35. The Bertz CT molecular complexity index is 1120. The van der Waals surface area contributed by atoms with E-state index in [1.807, 2.05) is 24.5 Å². The number of halogens is 3. The van der Waals surface area contributed by atoms with Crippen molar-refractivity contribution in [3.8, 4) is 5.75 Å². The molecule has 1 unspecified atom stereocenters. The number of nitrogens with zero attached hydrogens (tertiary/aromatic N) is 3. The molecule has 1 aromatic heterocycles. The van der Waals surface area contributed by atoms with Crippen molar-refractivity contribution in [1.82, 2.24) is 14.8 Å². The lowest BCUT2D eigenvalue weighted by Crippen LogP contribution is -2.16. The van der Waals surface area contributed by atoms with Gasteiger partial charge in [-0.25, -0.2) is 0 Å². The Morgan fingerprint density at radius 2 is 1.94 bits per heavy atom. The average molecular weight is 512 g/mol. The number of ether oxygens (including phenoxy) is 1. The molecule has 0 radical (unpaired) electrons. The van der Waals surface area contributed by atoms with Crippen molar-refractivity contribution in [2.75, 3.05) is 11.1 Å². The van der Waals surface area contributed by atoms with E-state index in [4.69, 9.17) is 39.5 Å². The zero-order valence-electron chi connectivity index (χ0n) is 17.4. The number of benzene rings is 2. The Morgan fingerprint density at radius 3 is 2.59 bits per heavy atom. The minimum absolute atomic E-state index is 0.0996. The number of aryl methyl sites for hydroxylation is 1. The van der Waals surface area contributed by atoms with Crippen LogP contribution in [0.2, 0.25) is 15.1 Å². The molecule has 0 saturated heterocycles. The van der Waals surface area contributed by atoms with Crippen LogP contribution in [0.3, 0.4) is 0 Å². The number of amides is 1. The fourth-order valence-electron chi connectivity index (χ4n) is 2.88. The van der Waals surface area contributed by atoms with Crippen LogP contribution in [0.4, 0.5) is 5.69 Å². The first-order chi connectivity index (χ1) is 15.3. The number of hydrogen-bond donors (Lipinski definition) is 1. The molecule has 0 aliphatic heterocycles. The number of nitrogens with one attached hydrogen (secondary N) is 1. The van der Waals surface area contributed by atoms with E-state index >= 15 is 0 Å². The van der Waals surface area contributed by atoms with E-state index in [-0.39, 0.29) is 17.8 Å². The molecule has 0 aliphatic carbocycles. The number of carbonyl (C=O) groups is 1. The molecule has 10 heteroatoms. The lowest BCUT2D eigenvalue weighted by Gasteiger charge is -2.16. The summed E-state index contributed by atoms with van der Waals surface area (Å²) in [5.74, 6) is 1.13. The summed E-state index contributed by atoms with van der Waals surface area (Å²) in [4.78, 5) is 12.4. The predicted molar refractivity (Wildman–Crippen MR) is 131 cm³/mol. The highest BCUT2D eigenvalue weighted by Crippen LogP contribution is 2.31. The molecule has 2 aromatic carbocycles. The Labute approximate surface area is 205 Å². The number of allylic oxidation sites excluding steroid dienone is 1. The molecule has 3 aromatic rings. The van der Waals surface area contributed by atoms with Crippen molar-refractivity contribution in [3.63, 3.8) is 0 Å². The van der Waals surface area contributed by atoms with E-state index in [2.05, 4.69) is 22.1 Å².